The Bertz CT molecular complexity index is 401. The van der Waals surface area contributed by atoms with E-state index in [1.54, 1.807) is 0 Å². The zero-order valence-corrected chi connectivity index (χ0v) is 12.0. The monoisotopic (exact) mass is 247 g/mol. The van der Waals surface area contributed by atoms with Crippen molar-refractivity contribution in [3.8, 4) is 0 Å². The highest BCUT2D eigenvalue weighted by atomic mass is 15.0. The lowest BCUT2D eigenvalue weighted by Crippen LogP contribution is -2.08. The standard InChI is InChI=1S/C15H25N3/c1-5-11-6-7-12(8-11)15-17-13(10(2)3)9-14(16-4)18-15/h9-12H,5-8H2,1-4H3,(H,16,17,18). The molecule has 1 aromatic heterocycles. The van der Waals surface area contributed by atoms with Crippen LogP contribution in [0, 0.1) is 5.92 Å². The zero-order chi connectivity index (χ0) is 13.1. The molecule has 3 nitrogen and oxygen atoms in total. The fourth-order valence-electron chi connectivity index (χ4n) is 2.77. The molecule has 0 aliphatic heterocycles. The lowest BCUT2D eigenvalue weighted by atomic mass is 10.0. The Hall–Kier alpha value is -1.12. The minimum atomic E-state index is 0.460. The fraction of sp³-hybridized carbons (Fsp3) is 0.733. The SMILES string of the molecule is CCC1CCC(c2nc(NC)cc(C(C)C)n2)C1. The molecular formula is C15H25N3. The van der Waals surface area contributed by atoms with Crippen LogP contribution < -0.4 is 5.32 Å². The zero-order valence-electron chi connectivity index (χ0n) is 12.0. The third-order valence-corrected chi connectivity index (χ3v) is 4.09. The summed E-state index contributed by atoms with van der Waals surface area (Å²) in [6.45, 7) is 6.67. The predicted molar refractivity (Wildman–Crippen MR) is 76.0 cm³/mol. The van der Waals surface area contributed by atoms with Crippen molar-refractivity contribution in [1.82, 2.24) is 9.97 Å². The van der Waals surface area contributed by atoms with Crippen molar-refractivity contribution in [3.05, 3.63) is 17.6 Å². The molecule has 1 aliphatic rings. The quantitative estimate of drug-likeness (QED) is 0.876. The number of nitrogens with zero attached hydrogens (tertiary/aromatic N) is 2. The maximum atomic E-state index is 4.78. The smallest absolute Gasteiger partial charge is 0.134 e. The molecule has 1 saturated carbocycles. The molecule has 0 amide bonds. The van der Waals surface area contributed by atoms with Gasteiger partial charge in [-0.1, -0.05) is 27.2 Å². The molecule has 2 atom stereocenters. The second-order valence-corrected chi connectivity index (χ2v) is 5.73. The van der Waals surface area contributed by atoms with Gasteiger partial charge in [0.25, 0.3) is 0 Å². The van der Waals surface area contributed by atoms with Crippen molar-refractivity contribution in [2.45, 2.75) is 58.3 Å². The Morgan fingerprint density at radius 2 is 2.11 bits per heavy atom. The van der Waals surface area contributed by atoms with E-state index in [1.807, 2.05) is 7.05 Å². The van der Waals surface area contributed by atoms with E-state index in [-0.39, 0.29) is 0 Å². The van der Waals surface area contributed by atoms with Crippen molar-refractivity contribution >= 4 is 5.82 Å². The van der Waals surface area contributed by atoms with Gasteiger partial charge < -0.3 is 5.32 Å². The molecule has 2 rings (SSSR count). The minimum absolute atomic E-state index is 0.460. The largest absolute Gasteiger partial charge is 0.373 e. The summed E-state index contributed by atoms with van der Waals surface area (Å²) in [5.41, 5.74) is 1.16. The van der Waals surface area contributed by atoms with E-state index in [1.165, 1.54) is 25.7 Å². The molecule has 0 bridgehead atoms. The average Bonchev–Trinajstić information content (AvgIpc) is 2.86. The van der Waals surface area contributed by atoms with E-state index in [0.717, 1.165) is 23.3 Å². The van der Waals surface area contributed by atoms with Gasteiger partial charge in [0.2, 0.25) is 0 Å². The Kier molecular flexibility index (Phi) is 4.20. The van der Waals surface area contributed by atoms with Crippen LogP contribution in [-0.2, 0) is 0 Å². The average molecular weight is 247 g/mol. The first-order chi connectivity index (χ1) is 8.63. The van der Waals surface area contributed by atoms with Crippen molar-refractivity contribution < 1.29 is 0 Å². The molecule has 0 spiro atoms. The van der Waals surface area contributed by atoms with Crippen LogP contribution in [0.4, 0.5) is 5.82 Å². The molecular weight excluding hydrogens is 222 g/mol. The van der Waals surface area contributed by atoms with Gasteiger partial charge in [0.05, 0.1) is 0 Å². The molecule has 3 heteroatoms. The van der Waals surface area contributed by atoms with Crippen LogP contribution in [-0.4, -0.2) is 17.0 Å². The number of aromatic nitrogens is 2. The third kappa shape index (κ3) is 2.82. The van der Waals surface area contributed by atoms with Gasteiger partial charge >= 0.3 is 0 Å². The highest BCUT2D eigenvalue weighted by Crippen LogP contribution is 2.38. The summed E-state index contributed by atoms with van der Waals surface area (Å²) < 4.78 is 0. The second-order valence-electron chi connectivity index (χ2n) is 5.73. The van der Waals surface area contributed by atoms with Crippen molar-refractivity contribution in [2.24, 2.45) is 5.92 Å². The van der Waals surface area contributed by atoms with E-state index in [2.05, 4.69) is 37.1 Å². The maximum Gasteiger partial charge on any atom is 0.134 e. The van der Waals surface area contributed by atoms with Gasteiger partial charge in [-0.05, 0) is 31.1 Å². The normalized spacial score (nSPS) is 23.6. The number of hydrogen-bond donors (Lipinski definition) is 1. The Balaban J connectivity index is 2.24. The topological polar surface area (TPSA) is 37.8 Å². The highest BCUT2D eigenvalue weighted by molar-refractivity contribution is 5.36. The number of anilines is 1. The van der Waals surface area contributed by atoms with E-state index < -0.39 is 0 Å². The van der Waals surface area contributed by atoms with Crippen LogP contribution in [0.15, 0.2) is 6.07 Å². The Morgan fingerprint density at radius 1 is 1.33 bits per heavy atom. The molecule has 1 heterocycles. The summed E-state index contributed by atoms with van der Waals surface area (Å²) in [6.07, 6.45) is 5.15. The molecule has 2 unspecified atom stereocenters. The first-order valence-electron chi connectivity index (χ1n) is 7.20. The van der Waals surface area contributed by atoms with Gasteiger partial charge in [-0.3, -0.25) is 0 Å². The van der Waals surface area contributed by atoms with E-state index in [4.69, 9.17) is 4.98 Å². The van der Waals surface area contributed by atoms with Gasteiger partial charge in [-0.15, -0.1) is 0 Å². The van der Waals surface area contributed by atoms with Crippen molar-refractivity contribution in [3.63, 3.8) is 0 Å². The third-order valence-electron chi connectivity index (χ3n) is 4.09. The number of nitrogens with one attached hydrogen (secondary N) is 1. The van der Waals surface area contributed by atoms with E-state index >= 15 is 0 Å². The second kappa shape index (κ2) is 5.68. The van der Waals surface area contributed by atoms with Gasteiger partial charge in [-0.2, -0.15) is 0 Å². The van der Waals surface area contributed by atoms with Crippen molar-refractivity contribution in [1.29, 1.82) is 0 Å². The van der Waals surface area contributed by atoms with Gasteiger partial charge in [-0.25, -0.2) is 9.97 Å². The lowest BCUT2D eigenvalue weighted by Gasteiger charge is -2.14. The summed E-state index contributed by atoms with van der Waals surface area (Å²) in [4.78, 5) is 9.44. The molecule has 0 aromatic carbocycles. The summed E-state index contributed by atoms with van der Waals surface area (Å²) in [6, 6.07) is 2.07. The van der Waals surface area contributed by atoms with Crippen molar-refractivity contribution in [2.75, 3.05) is 12.4 Å². The molecule has 1 aromatic rings. The van der Waals surface area contributed by atoms with Crippen LogP contribution in [0.1, 0.15) is 69.8 Å². The minimum Gasteiger partial charge on any atom is -0.373 e. The van der Waals surface area contributed by atoms with Crippen LogP contribution in [0.5, 0.6) is 0 Å². The molecule has 18 heavy (non-hydrogen) atoms. The maximum absolute atomic E-state index is 4.78. The van der Waals surface area contributed by atoms with Crippen LogP contribution in [0.25, 0.3) is 0 Å². The van der Waals surface area contributed by atoms with Crippen LogP contribution in [0.3, 0.4) is 0 Å². The number of rotatable bonds is 4. The summed E-state index contributed by atoms with van der Waals surface area (Å²) in [5, 5.41) is 3.16. The number of hydrogen-bond acceptors (Lipinski definition) is 3. The Labute approximate surface area is 110 Å². The summed E-state index contributed by atoms with van der Waals surface area (Å²) in [5.74, 6) is 3.92. The van der Waals surface area contributed by atoms with E-state index in [0.29, 0.717) is 11.8 Å². The summed E-state index contributed by atoms with van der Waals surface area (Å²) >= 11 is 0. The molecule has 1 aliphatic carbocycles. The predicted octanol–water partition coefficient (Wildman–Crippen LogP) is 3.94. The fourth-order valence-corrected chi connectivity index (χ4v) is 2.77. The first-order valence-corrected chi connectivity index (χ1v) is 7.20. The van der Waals surface area contributed by atoms with E-state index in [9.17, 15) is 0 Å². The van der Waals surface area contributed by atoms with Crippen LogP contribution in [0.2, 0.25) is 0 Å². The van der Waals surface area contributed by atoms with Crippen LogP contribution >= 0.6 is 0 Å². The highest BCUT2D eigenvalue weighted by Gasteiger charge is 2.27. The first kappa shape index (κ1) is 13.3. The van der Waals surface area contributed by atoms with Gasteiger partial charge in [0.15, 0.2) is 0 Å². The molecule has 1 fully saturated rings. The van der Waals surface area contributed by atoms with Gasteiger partial charge in [0.1, 0.15) is 11.6 Å². The lowest BCUT2D eigenvalue weighted by molar-refractivity contribution is 0.516. The molecule has 1 N–H and O–H groups in total. The summed E-state index contributed by atoms with van der Waals surface area (Å²) in [7, 11) is 1.93. The molecule has 0 radical (unpaired) electrons. The molecule has 0 saturated heterocycles. The molecule has 100 valence electrons. The Morgan fingerprint density at radius 3 is 2.67 bits per heavy atom. The van der Waals surface area contributed by atoms with Gasteiger partial charge in [0, 0.05) is 24.7 Å².